The summed E-state index contributed by atoms with van der Waals surface area (Å²) in [6, 6.07) is 8.35. The minimum Gasteiger partial charge on any atom is -0.397 e. The molecule has 0 aliphatic rings. The van der Waals surface area contributed by atoms with Gasteiger partial charge in [-0.05, 0) is 49.7 Å². The van der Waals surface area contributed by atoms with E-state index in [1.54, 1.807) is 6.07 Å². The zero-order valence-electron chi connectivity index (χ0n) is 9.29. The average Bonchev–Trinajstić information content (AvgIpc) is 2.22. The molecule has 16 heavy (non-hydrogen) atoms. The van der Waals surface area contributed by atoms with Crippen LogP contribution < -0.4 is 5.73 Å². The molecule has 0 fully saturated rings. The summed E-state index contributed by atoms with van der Waals surface area (Å²) in [5, 5.41) is 0. The molecule has 0 saturated carbocycles. The van der Waals surface area contributed by atoms with Crippen LogP contribution in [0.3, 0.4) is 0 Å². The fourth-order valence-corrected chi connectivity index (χ4v) is 1.64. The SMILES string of the molecule is Cc1cc(F)ccc1-c1ccc(N)c(C)n1. The zero-order chi connectivity index (χ0) is 11.7. The van der Waals surface area contributed by atoms with E-state index in [-0.39, 0.29) is 5.82 Å². The number of rotatable bonds is 1. The van der Waals surface area contributed by atoms with E-state index in [0.717, 1.165) is 22.5 Å². The van der Waals surface area contributed by atoms with E-state index in [0.29, 0.717) is 5.69 Å². The number of aromatic nitrogens is 1. The van der Waals surface area contributed by atoms with E-state index in [2.05, 4.69) is 4.98 Å². The van der Waals surface area contributed by atoms with Crippen LogP contribution in [0.1, 0.15) is 11.3 Å². The summed E-state index contributed by atoms with van der Waals surface area (Å²) in [5.41, 5.74) is 9.80. The predicted octanol–water partition coefficient (Wildman–Crippen LogP) is 3.09. The molecular formula is C13H13FN2. The molecule has 0 atom stereocenters. The number of nitrogen functional groups attached to an aromatic ring is 1. The second kappa shape index (κ2) is 3.93. The number of anilines is 1. The first-order valence-electron chi connectivity index (χ1n) is 5.07. The van der Waals surface area contributed by atoms with Crippen molar-refractivity contribution in [2.45, 2.75) is 13.8 Å². The van der Waals surface area contributed by atoms with Gasteiger partial charge in [0.1, 0.15) is 5.82 Å². The molecule has 0 amide bonds. The number of benzene rings is 1. The third kappa shape index (κ3) is 1.89. The molecule has 2 aromatic rings. The Morgan fingerprint density at radius 2 is 1.88 bits per heavy atom. The van der Waals surface area contributed by atoms with Gasteiger partial charge >= 0.3 is 0 Å². The third-order valence-corrected chi connectivity index (χ3v) is 2.59. The molecule has 0 bridgehead atoms. The summed E-state index contributed by atoms with van der Waals surface area (Å²) < 4.78 is 13.0. The van der Waals surface area contributed by atoms with Crippen molar-refractivity contribution in [2.75, 3.05) is 5.73 Å². The van der Waals surface area contributed by atoms with Crippen LogP contribution in [-0.2, 0) is 0 Å². The summed E-state index contributed by atoms with van der Waals surface area (Å²) in [6.45, 7) is 3.73. The Balaban J connectivity index is 2.54. The number of hydrogen-bond donors (Lipinski definition) is 1. The van der Waals surface area contributed by atoms with Crippen molar-refractivity contribution in [3.8, 4) is 11.3 Å². The molecular weight excluding hydrogens is 203 g/mol. The predicted molar refractivity (Wildman–Crippen MR) is 63.5 cm³/mol. The Morgan fingerprint density at radius 3 is 2.50 bits per heavy atom. The van der Waals surface area contributed by atoms with Crippen molar-refractivity contribution in [3.05, 3.63) is 47.4 Å². The number of halogens is 1. The second-order valence-electron chi connectivity index (χ2n) is 3.83. The molecule has 1 aromatic heterocycles. The minimum absolute atomic E-state index is 0.228. The Hall–Kier alpha value is -1.90. The van der Waals surface area contributed by atoms with Gasteiger partial charge in [-0.1, -0.05) is 0 Å². The molecule has 1 heterocycles. The highest BCUT2D eigenvalue weighted by atomic mass is 19.1. The highest BCUT2D eigenvalue weighted by molar-refractivity contribution is 5.65. The molecule has 82 valence electrons. The quantitative estimate of drug-likeness (QED) is 0.795. The summed E-state index contributed by atoms with van der Waals surface area (Å²) in [4.78, 5) is 4.39. The van der Waals surface area contributed by atoms with Crippen molar-refractivity contribution in [3.63, 3.8) is 0 Å². The molecule has 2 N–H and O–H groups in total. The highest BCUT2D eigenvalue weighted by Gasteiger charge is 2.05. The van der Waals surface area contributed by atoms with Crippen molar-refractivity contribution < 1.29 is 4.39 Å². The lowest BCUT2D eigenvalue weighted by molar-refractivity contribution is 0.627. The van der Waals surface area contributed by atoms with Gasteiger partial charge < -0.3 is 5.73 Å². The van der Waals surface area contributed by atoms with E-state index in [9.17, 15) is 4.39 Å². The van der Waals surface area contributed by atoms with Crippen LogP contribution in [-0.4, -0.2) is 4.98 Å². The van der Waals surface area contributed by atoms with E-state index in [1.165, 1.54) is 12.1 Å². The first kappa shape index (κ1) is 10.6. The van der Waals surface area contributed by atoms with Gasteiger partial charge in [0.15, 0.2) is 0 Å². The number of nitrogens with zero attached hydrogens (tertiary/aromatic N) is 1. The standard InChI is InChI=1S/C13H13FN2/c1-8-7-10(14)3-4-11(8)13-6-5-12(15)9(2)16-13/h3-7H,15H2,1-2H3. The second-order valence-corrected chi connectivity index (χ2v) is 3.83. The van der Waals surface area contributed by atoms with E-state index < -0.39 is 0 Å². The molecule has 2 rings (SSSR count). The van der Waals surface area contributed by atoms with Crippen LogP contribution in [0.25, 0.3) is 11.3 Å². The molecule has 0 unspecified atom stereocenters. The van der Waals surface area contributed by atoms with Crippen LogP contribution in [0.2, 0.25) is 0 Å². The van der Waals surface area contributed by atoms with Gasteiger partial charge in [-0.15, -0.1) is 0 Å². The third-order valence-electron chi connectivity index (χ3n) is 2.59. The Kier molecular flexibility index (Phi) is 2.60. The fraction of sp³-hybridized carbons (Fsp3) is 0.154. The van der Waals surface area contributed by atoms with Gasteiger partial charge in [0, 0.05) is 5.56 Å². The smallest absolute Gasteiger partial charge is 0.123 e. The first-order chi connectivity index (χ1) is 7.58. The molecule has 1 aromatic carbocycles. The van der Waals surface area contributed by atoms with Crippen molar-refractivity contribution in [2.24, 2.45) is 0 Å². The molecule has 3 heteroatoms. The summed E-state index contributed by atoms with van der Waals surface area (Å²) in [7, 11) is 0. The lowest BCUT2D eigenvalue weighted by Gasteiger charge is -2.07. The van der Waals surface area contributed by atoms with E-state index >= 15 is 0 Å². The Labute approximate surface area is 93.9 Å². The van der Waals surface area contributed by atoms with Gasteiger partial charge in [-0.2, -0.15) is 0 Å². The normalized spacial score (nSPS) is 10.4. The maximum absolute atomic E-state index is 13.0. The maximum atomic E-state index is 13.0. The number of nitrogens with two attached hydrogens (primary N) is 1. The first-order valence-corrected chi connectivity index (χ1v) is 5.07. The van der Waals surface area contributed by atoms with Gasteiger partial charge in [-0.3, -0.25) is 4.98 Å². The highest BCUT2D eigenvalue weighted by Crippen LogP contribution is 2.23. The molecule has 0 aliphatic carbocycles. The van der Waals surface area contributed by atoms with Crippen LogP contribution in [0, 0.1) is 19.7 Å². The monoisotopic (exact) mass is 216 g/mol. The fourth-order valence-electron chi connectivity index (χ4n) is 1.64. The Morgan fingerprint density at radius 1 is 1.12 bits per heavy atom. The van der Waals surface area contributed by atoms with Crippen molar-refractivity contribution in [1.29, 1.82) is 0 Å². The van der Waals surface area contributed by atoms with Crippen LogP contribution in [0.15, 0.2) is 30.3 Å². The minimum atomic E-state index is -0.228. The van der Waals surface area contributed by atoms with Crippen LogP contribution in [0.4, 0.5) is 10.1 Å². The van der Waals surface area contributed by atoms with Crippen molar-refractivity contribution in [1.82, 2.24) is 4.98 Å². The van der Waals surface area contributed by atoms with Crippen molar-refractivity contribution >= 4 is 5.69 Å². The summed E-state index contributed by atoms with van der Waals surface area (Å²) in [5.74, 6) is -0.228. The molecule has 0 radical (unpaired) electrons. The molecule has 0 spiro atoms. The summed E-state index contributed by atoms with van der Waals surface area (Å²) >= 11 is 0. The molecule has 2 nitrogen and oxygen atoms in total. The van der Waals surface area contributed by atoms with E-state index in [4.69, 9.17) is 5.73 Å². The van der Waals surface area contributed by atoms with Crippen LogP contribution >= 0.6 is 0 Å². The number of aryl methyl sites for hydroxylation is 2. The largest absolute Gasteiger partial charge is 0.397 e. The van der Waals surface area contributed by atoms with Gasteiger partial charge in [0.05, 0.1) is 17.1 Å². The van der Waals surface area contributed by atoms with Gasteiger partial charge in [0.25, 0.3) is 0 Å². The average molecular weight is 216 g/mol. The molecule has 0 aliphatic heterocycles. The molecule has 0 saturated heterocycles. The lowest BCUT2D eigenvalue weighted by Crippen LogP contribution is -1.95. The number of pyridine rings is 1. The number of hydrogen-bond acceptors (Lipinski definition) is 2. The zero-order valence-corrected chi connectivity index (χ0v) is 9.29. The lowest BCUT2D eigenvalue weighted by atomic mass is 10.0. The van der Waals surface area contributed by atoms with Crippen LogP contribution in [0.5, 0.6) is 0 Å². The summed E-state index contributed by atoms with van der Waals surface area (Å²) in [6.07, 6.45) is 0. The van der Waals surface area contributed by atoms with Gasteiger partial charge in [0.2, 0.25) is 0 Å². The van der Waals surface area contributed by atoms with Gasteiger partial charge in [-0.25, -0.2) is 4.39 Å². The van der Waals surface area contributed by atoms with E-state index in [1.807, 2.05) is 26.0 Å². The maximum Gasteiger partial charge on any atom is 0.123 e. The Bertz CT molecular complexity index is 535. The topological polar surface area (TPSA) is 38.9 Å².